The van der Waals surface area contributed by atoms with Crippen LogP contribution in [-0.4, -0.2) is 21.4 Å². The summed E-state index contributed by atoms with van der Waals surface area (Å²) in [4.78, 5) is 19.0. The fourth-order valence-corrected chi connectivity index (χ4v) is 2.36. The second-order valence-electron chi connectivity index (χ2n) is 4.65. The summed E-state index contributed by atoms with van der Waals surface area (Å²) in [5.41, 5.74) is 1.86. The summed E-state index contributed by atoms with van der Waals surface area (Å²) in [5, 5.41) is 7.20. The van der Waals surface area contributed by atoms with E-state index < -0.39 is 0 Å². The average molecular weight is 343 g/mol. The highest BCUT2D eigenvalue weighted by Gasteiger charge is 2.09. The van der Waals surface area contributed by atoms with Crippen molar-refractivity contribution >= 4 is 35.7 Å². The van der Waals surface area contributed by atoms with E-state index in [4.69, 9.17) is 23.8 Å². The van der Waals surface area contributed by atoms with Crippen LogP contribution in [0.2, 0.25) is 5.02 Å². The molecular weight excluding hydrogens is 332 g/mol. The Kier molecular flexibility index (Phi) is 4.45. The Labute approximate surface area is 141 Å². The number of rotatable bonds is 3. The summed E-state index contributed by atoms with van der Waals surface area (Å²) in [6.07, 6.45) is 1.65. The quantitative estimate of drug-likeness (QED) is 0.560. The van der Waals surface area contributed by atoms with Crippen LogP contribution in [0.4, 0.5) is 5.69 Å². The van der Waals surface area contributed by atoms with Crippen molar-refractivity contribution in [2.45, 2.75) is 0 Å². The van der Waals surface area contributed by atoms with Crippen LogP contribution in [0.1, 0.15) is 5.56 Å². The van der Waals surface area contributed by atoms with Gasteiger partial charge in [0.25, 0.3) is 5.56 Å². The van der Waals surface area contributed by atoms with Crippen molar-refractivity contribution in [1.29, 1.82) is 0 Å². The third kappa shape index (κ3) is 3.44. The van der Waals surface area contributed by atoms with Gasteiger partial charge in [-0.15, -0.1) is 0 Å². The Bertz CT molecular complexity index is 993. The molecule has 7 heteroatoms. The normalized spacial score (nSPS) is 11.0. The van der Waals surface area contributed by atoms with Crippen LogP contribution in [0.15, 0.2) is 58.3 Å². The Morgan fingerprint density at radius 1 is 1.13 bits per heavy atom. The molecule has 0 aliphatic carbocycles. The first-order valence-corrected chi connectivity index (χ1v) is 7.51. The first-order chi connectivity index (χ1) is 11.1. The monoisotopic (exact) mass is 342 g/mol. The van der Waals surface area contributed by atoms with Crippen LogP contribution in [-0.2, 0) is 0 Å². The third-order valence-electron chi connectivity index (χ3n) is 3.12. The molecule has 0 saturated carbocycles. The predicted molar refractivity (Wildman–Crippen MR) is 94.2 cm³/mol. The van der Waals surface area contributed by atoms with Crippen molar-refractivity contribution in [3.05, 3.63) is 74.2 Å². The fourth-order valence-electron chi connectivity index (χ4n) is 2.04. The lowest BCUT2D eigenvalue weighted by Gasteiger charge is -2.04. The van der Waals surface area contributed by atoms with Gasteiger partial charge in [-0.05, 0) is 24.4 Å². The fraction of sp³-hybridized carbons (Fsp3) is 0. The first-order valence-electron chi connectivity index (χ1n) is 6.72. The number of para-hydroxylation sites is 1. The topological polar surface area (TPSA) is 73.9 Å². The Balaban J connectivity index is 2.07. The van der Waals surface area contributed by atoms with Crippen LogP contribution in [0, 0.1) is 4.77 Å². The van der Waals surface area contributed by atoms with E-state index in [1.807, 2.05) is 30.3 Å². The van der Waals surface area contributed by atoms with Crippen LogP contribution < -0.4 is 5.56 Å². The SMILES string of the molecule is O=c1[nH]c(=S)[nH]nc1-c1ccccc1N=Cc1ccccc1Cl. The molecule has 2 N–H and O–H groups in total. The molecule has 0 unspecified atom stereocenters. The van der Waals surface area contributed by atoms with Gasteiger partial charge in [0, 0.05) is 22.4 Å². The zero-order valence-electron chi connectivity index (χ0n) is 11.8. The molecule has 3 aromatic rings. The maximum absolute atomic E-state index is 12.0. The van der Waals surface area contributed by atoms with Gasteiger partial charge in [0.2, 0.25) is 0 Å². The van der Waals surface area contributed by atoms with Crippen LogP contribution in [0.25, 0.3) is 11.3 Å². The smallest absolute Gasteiger partial charge is 0.278 e. The maximum Gasteiger partial charge on any atom is 0.278 e. The molecule has 1 heterocycles. The number of benzene rings is 2. The summed E-state index contributed by atoms with van der Waals surface area (Å²) >= 11 is 11.0. The highest BCUT2D eigenvalue weighted by molar-refractivity contribution is 7.71. The minimum Gasteiger partial charge on any atom is -0.296 e. The highest BCUT2D eigenvalue weighted by Crippen LogP contribution is 2.26. The number of nitrogens with one attached hydrogen (secondary N) is 2. The molecule has 0 bridgehead atoms. The second kappa shape index (κ2) is 6.68. The first kappa shape index (κ1) is 15.3. The van der Waals surface area contributed by atoms with Crippen molar-refractivity contribution in [2.75, 3.05) is 0 Å². The zero-order valence-corrected chi connectivity index (χ0v) is 13.4. The van der Waals surface area contributed by atoms with E-state index in [-0.39, 0.29) is 16.0 Å². The molecule has 1 aromatic heterocycles. The van der Waals surface area contributed by atoms with Gasteiger partial charge in [-0.1, -0.05) is 48.0 Å². The summed E-state index contributed by atoms with van der Waals surface area (Å²) < 4.78 is 0.177. The molecule has 0 aliphatic heterocycles. The summed E-state index contributed by atoms with van der Waals surface area (Å²) in [5.74, 6) is 0. The van der Waals surface area contributed by atoms with E-state index in [0.717, 1.165) is 5.56 Å². The molecule has 3 rings (SSSR count). The number of H-pyrrole nitrogens is 2. The lowest BCUT2D eigenvalue weighted by molar-refractivity contribution is 0.932. The third-order valence-corrected chi connectivity index (χ3v) is 3.66. The van der Waals surface area contributed by atoms with Gasteiger partial charge in [0.15, 0.2) is 10.5 Å². The standard InChI is InChI=1S/C16H11ClN4OS/c17-12-7-3-1-5-10(12)9-18-13-8-4-2-6-11(13)14-15(22)19-16(23)21-20-14/h1-9H,(H2,19,21,22,23). The van der Waals surface area contributed by atoms with Gasteiger partial charge < -0.3 is 0 Å². The number of hydrogen-bond acceptors (Lipinski definition) is 4. The van der Waals surface area contributed by atoms with Gasteiger partial charge in [-0.25, -0.2) is 0 Å². The van der Waals surface area contributed by atoms with Gasteiger partial charge in [0.1, 0.15) is 0 Å². The molecule has 0 saturated heterocycles. The second-order valence-corrected chi connectivity index (χ2v) is 5.47. The van der Waals surface area contributed by atoms with Gasteiger partial charge in [0.05, 0.1) is 5.69 Å². The maximum atomic E-state index is 12.0. The van der Waals surface area contributed by atoms with Crippen molar-refractivity contribution in [3.8, 4) is 11.3 Å². The summed E-state index contributed by atoms with van der Waals surface area (Å²) in [7, 11) is 0. The van der Waals surface area contributed by atoms with E-state index in [1.165, 1.54) is 0 Å². The number of nitrogens with zero attached hydrogens (tertiary/aromatic N) is 2. The Morgan fingerprint density at radius 2 is 1.87 bits per heavy atom. The van der Waals surface area contributed by atoms with Gasteiger partial charge in [-0.3, -0.25) is 19.9 Å². The largest absolute Gasteiger partial charge is 0.296 e. The van der Waals surface area contributed by atoms with Crippen LogP contribution >= 0.6 is 23.8 Å². The molecule has 2 aromatic carbocycles. The number of aliphatic imine (C=N–C) groups is 1. The molecule has 0 radical (unpaired) electrons. The lowest BCUT2D eigenvalue weighted by atomic mass is 10.1. The molecule has 0 fully saturated rings. The van der Waals surface area contributed by atoms with E-state index in [9.17, 15) is 4.79 Å². The average Bonchev–Trinajstić information content (AvgIpc) is 2.55. The minimum atomic E-state index is -0.367. The van der Waals surface area contributed by atoms with Crippen molar-refractivity contribution in [2.24, 2.45) is 4.99 Å². The molecule has 114 valence electrons. The number of hydrogen-bond donors (Lipinski definition) is 2. The van der Waals surface area contributed by atoms with E-state index in [1.54, 1.807) is 24.4 Å². The molecule has 23 heavy (non-hydrogen) atoms. The van der Waals surface area contributed by atoms with Crippen molar-refractivity contribution in [1.82, 2.24) is 15.2 Å². The van der Waals surface area contributed by atoms with E-state index in [2.05, 4.69) is 20.2 Å². The summed E-state index contributed by atoms with van der Waals surface area (Å²) in [6, 6.07) is 14.6. The van der Waals surface area contributed by atoms with E-state index >= 15 is 0 Å². The number of halogens is 1. The Morgan fingerprint density at radius 3 is 2.65 bits per heavy atom. The molecule has 0 aliphatic rings. The molecule has 0 spiro atoms. The van der Waals surface area contributed by atoms with Gasteiger partial charge in [-0.2, -0.15) is 5.10 Å². The highest BCUT2D eigenvalue weighted by atomic mass is 35.5. The predicted octanol–water partition coefficient (Wildman–Crippen LogP) is 3.90. The molecule has 0 amide bonds. The minimum absolute atomic E-state index is 0.177. The molecule has 5 nitrogen and oxygen atoms in total. The summed E-state index contributed by atoms with van der Waals surface area (Å²) in [6.45, 7) is 0. The molecular formula is C16H11ClN4OS. The zero-order chi connectivity index (χ0) is 16.2. The van der Waals surface area contributed by atoms with Gasteiger partial charge >= 0.3 is 0 Å². The van der Waals surface area contributed by atoms with Crippen LogP contribution in [0.5, 0.6) is 0 Å². The van der Waals surface area contributed by atoms with Crippen molar-refractivity contribution in [3.63, 3.8) is 0 Å². The Hall–Kier alpha value is -2.57. The number of aromatic nitrogens is 3. The molecule has 0 atom stereocenters. The van der Waals surface area contributed by atoms with Crippen LogP contribution in [0.3, 0.4) is 0 Å². The van der Waals surface area contributed by atoms with E-state index in [0.29, 0.717) is 16.3 Å². The number of aromatic amines is 2. The van der Waals surface area contributed by atoms with Crippen molar-refractivity contribution < 1.29 is 0 Å². The lowest BCUT2D eigenvalue weighted by Crippen LogP contribution is -2.12.